The van der Waals surface area contributed by atoms with Crippen LogP contribution in [0, 0.1) is 0 Å². The highest BCUT2D eigenvalue weighted by atomic mass is 35.5. The fourth-order valence-corrected chi connectivity index (χ4v) is 2.97. The number of aromatic hydroxyl groups is 1. The number of Topliss-reactive ketones (excluding diaryl/α,β-unsaturated/α-hetero) is 1. The molecule has 28 heavy (non-hydrogen) atoms. The minimum absolute atomic E-state index is 0.0356. The number of aromatic nitrogens is 1. The van der Waals surface area contributed by atoms with Crippen molar-refractivity contribution < 1.29 is 14.7 Å². The Kier molecular flexibility index (Phi) is 6.40. The molecule has 0 saturated heterocycles. The molecule has 0 aliphatic carbocycles. The molecule has 1 amide bonds. The van der Waals surface area contributed by atoms with Crippen molar-refractivity contribution >= 4 is 23.3 Å². The number of amides is 1. The quantitative estimate of drug-likeness (QED) is 0.640. The average Bonchev–Trinajstić information content (AvgIpc) is 2.70. The van der Waals surface area contributed by atoms with Crippen LogP contribution < -0.4 is 5.32 Å². The monoisotopic (exact) mass is 394 g/mol. The number of hydrogen-bond donors (Lipinski definition) is 2. The molecular formula is C22H19ClN2O3. The van der Waals surface area contributed by atoms with Gasteiger partial charge in [-0.2, -0.15) is 0 Å². The van der Waals surface area contributed by atoms with Crippen molar-refractivity contribution in [1.29, 1.82) is 0 Å². The van der Waals surface area contributed by atoms with Gasteiger partial charge in [-0.15, -0.1) is 0 Å². The molecule has 6 heteroatoms. The zero-order chi connectivity index (χ0) is 19.9. The van der Waals surface area contributed by atoms with Crippen LogP contribution in [0.3, 0.4) is 0 Å². The first-order valence-corrected chi connectivity index (χ1v) is 9.15. The molecule has 5 nitrogen and oxygen atoms in total. The van der Waals surface area contributed by atoms with Crippen molar-refractivity contribution in [1.82, 2.24) is 10.3 Å². The standard InChI is InChI=1S/C22H19ClN2O3/c23-18-6-7-21(27)17(12-18)13-19(26)10-16-8-9-24-20(11-16)22(28)25-14-15-4-2-1-3-5-15/h1-9,11-12,27H,10,13-14H2,(H,25,28). The largest absolute Gasteiger partial charge is 0.508 e. The second kappa shape index (κ2) is 9.15. The molecule has 0 unspecified atom stereocenters. The smallest absolute Gasteiger partial charge is 0.270 e. The Bertz CT molecular complexity index is 990. The molecule has 142 valence electrons. The number of halogens is 1. The summed E-state index contributed by atoms with van der Waals surface area (Å²) in [5, 5.41) is 13.1. The molecular weight excluding hydrogens is 376 g/mol. The van der Waals surface area contributed by atoms with Gasteiger partial charge in [-0.05, 0) is 41.5 Å². The van der Waals surface area contributed by atoms with Crippen molar-refractivity contribution in [2.45, 2.75) is 19.4 Å². The molecule has 0 bridgehead atoms. The molecule has 0 fully saturated rings. The van der Waals surface area contributed by atoms with Crippen molar-refractivity contribution in [2.24, 2.45) is 0 Å². The number of nitrogens with one attached hydrogen (secondary N) is 1. The maximum atomic E-state index is 12.4. The molecule has 1 aromatic heterocycles. The van der Waals surface area contributed by atoms with Gasteiger partial charge in [-0.25, -0.2) is 0 Å². The van der Waals surface area contributed by atoms with Crippen LogP contribution in [0.5, 0.6) is 5.75 Å². The Balaban J connectivity index is 1.61. The second-order valence-electron chi connectivity index (χ2n) is 6.38. The Hall–Kier alpha value is -3.18. The highest BCUT2D eigenvalue weighted by Crippen LogP contribution is 2.22. The summed E-state index contributed by atoms with van der Waals surface area (Å²) < 4.78 is 0. The topological polar surface area (TPSA) is 79.3 Å². The number of rotatable bonds is 7. The highest BCUT2D eigenvalue weighted by Gasteiger charge is 2.12. The maximum absolute atomic E-state index is 12.4. The van der Waals surface area contributed by atoms with E-state index in [1.165, 1.54) is 12.3 Å². The predicted octanol–water partition coefficient (Wildman–Crippen LogP) is 3.72. The van der Waals surface area contributed by atoms with Crippen LogP contribution in [0.2, 0.25) is 5.02 Å². The molecule has 3 aromatic rings. The van der Waals surface area contributed by atoms with Crippen LogP contribution >= 0.6 is 11.6 Å². The normalized spacial score (nSPS) is 10.5. The second-order valence-corrected chi connectivity index (χ2v) is 6.82. The Morgan fingerprint density at radius 2 is 1.75 bits per heavy atom. The Labute approximate surface area is 168 Å². The van der Waals surface area contributed by atoms with Crippen LogP contribution in [0.1, 0.15) is 27.2 Å². The number of pyridine rings is 1. The minimum atomic E-state index is -0.300. The molecule has 2 aromatic carbocycles. The maximum Gasteiger partial charge on any atom is 0.270 e. The van der Waals surface area contributed by atoms with Gasteiger partial charge in [0.15, 0.2) is 0 Å². The van der Waals surface area contributed by atoms with Crippen LogP contribution in [0.15, 0.2) is 66.9 Å². The van der Waals surface area contributed by atoms with Gasteiger partial charge in [0.1, 0.15) is 17.2 Å². The summed E-state index contributed by atoms with van der Waals surface area (Å²) in [5.41, 5.74) is 2.41. The summed E-state index contributed by atoms with van der Waals surface area (Å²) >= 11 is 5.91. The van der Waals surface area contributed by atoms with Gasteiger partial charge < -0.3 is 10.4 Å². The van der Waals surface area contributed by atoms with Crippen LogP contribution in [0.4, 0.5) is 0 Å². The zero-order valence-corrected chi connectivity index (χ0v) is 15.8. The number of phenolic OH excluding ortho intramolecular Hbond substituents is 1. The summed E-state index contributed by atoms with van der Waals surface area (Å²) in [5.74, 6) is -0.362. The van der Waals surface area contributed by atoms with Crippen molar-refractivity contribution in [3.8, 4) is 5.75 Å². The van der Waals surface area contributed by atoms with Crippen LogP contribution in [-0.4, -0.2) is 21.8 Å². The van der Waals surface area contributed by atoms with E-state index in [-0.39, 0.29) is 36.0 Å². The molecule has 0 aliphatic rings. The fourth-order valence-electron chi connectivity index (χ4n) is 2.78. The van der Waals surface area contributed by atoms with E-state index in [0.29, 0.717) is 22.7 Å². The van der Waals surface area contributed by atoms with Gasteiger partial charge in [-0.1, -0.05) is 41.9 Å². The first kappa shape index (κ1) is 19.6. The number of phenols is 1. The molecule has 0 saturated carbocycles. The zero-order valence-electron chi connectivity index (χ0n) is 15.1. The van der Waals surface area contributed by atoms with Gasteiger partial charge in [-0.3, -0.25) is 14.6 Å². The van der Waals surface area contributed by atoms with E-state index < -0.39 is 0 Å². The highest BCUT2D eigenvalue weighted by molar-refractivity contribution is 6.30. The molecule has 0 spiro atoms. The summed E-state index contributed by atoms with van der Waals surface area (Å²) in [7, 11) is 0. The molecule has 3 rings (SSSR count). The number of ketones is 1. The lowest BCUT2D eigenvalue weighted by molar-refractivity contribution is -0.117. The number of hydrogen-bond acceptors (Lipinski definition) is 4. The molecule has 2 N–H and O–H groups in total. The Morgan fingerprint density at radius 3 is 2.54 bits per heavy atom. The third-order valence-electron chi connectivity index (χ3n) is 4.18. The number of benzene rings is 2. The van der Waals surface area contributed by atoms with E-state index in [1.807, 2.05) is 30.3 Å². The van der Waals surface area contributed by atoms with E-state index in [2.05, 4.69) is 10.3 Å². The van der Waals surface area contributed by atoms with Gasteiger partial charge in [0.05, 0.1) is 0 Å². The summed E-state index contributed by atoms with van der Waals surface area (Å²) in [4.78, 5) is 28.8. The molecule has 1 heterocycles. The number of carbonyl (C=O) groups excluding carboxylic acids is 2. The van der Waals surface area contributed by atoms with Gasteiger partial charge >= 0.3 is 0 Å². The van der Waals surface area contributed by atoms with E-state index in [1.54, 1.807) is 24.3 Å². The van der Waals surface area contributed by atoms with Crippen molar-refractivity contribution in [2.75, 3.05) is 0 Å². The predicted molar refractivity (Wildman–Crippen MR) is 107 cm³/mol. The molecule has 0 aliphatic heterocycles. The van der Waals surface area contributed by atoms with Crippen molar-refractivity contribution in [3.05, 3.63) is 94.3 Å². The third-order valence-corrected chi connectivity index (χ3v) is 4.42. The third kappa shape index (κ3) is 5.41. The summed E-state index contributed by atoms with van der Waals surface area (Å²) in [6.07, 6.45) is 1.70. The van der Waals surface area contributed by atoms with E-state index >= 15 is 0 Å². The van der Waals surface area contributed by atoms with E-state index in [9.17, 15) is 14.7 Å². The molecule has 0 atom stereocenters. The fraction of sp³-hybridized carbons (Fsp3) is 0.136. The number of nitrogens with zero attached hydrogens (tertiary/aromatic N) is 1. The minimum Gasteiger partial charge on any atom is -0.508 e. The summed E-state index contributed by atoms with van der Waals surface area (Å²) in [6.45, 7) is 0.401. The first-order chi connectivity index (χ1) is 13.5. The lowest BCUT2D eigenvalue weighted by Gasteiger charge is -2.07. The van der Waals surface area contributed by atoms with Crippen LogP contribution in [-0.2, 0) is 24.2 Å². The van der Waals surface area contributed by atoms with E-state index in [0.717, 1.165) is 5.56 Å². The summed E-state index contributed by atoms with van der Waals surface area (Å²) in [6, 6.07) is 17.5. The number of carbonyl (C=O) groups is 2. The van der Waals surface area contributed by atoms with Gasteiger partial charge in [0, 0.05) is 36.2 Å². The van der Waals surface area contributed by atoms with E-state index in [4.69, 9.17) is 11.6 Å². The Morgan fingerprint density at radius 1 is 0.964 bits per heavy atom. The SMILES string of the molecule is O=C(Cc1ccnc(C(=O)NCc2ccccc2)c1)Cc1cc(Cl)ccc1O. The average molecular weight is 395 g/mol. The molecule has 0 radical (unpaired) electrons. The van der Waals surface area contributed by atoms with Gasteiger partial charge in [0.25, 0.3) is 5.91 Å². The van der Waals surface area contributed by atoms with Gasteiger partial charge in [0.2, 0.25) is 0 Å². The lowest BCUT2D eigenvalue weighted by Crippen LogP contribution is -2.24. The van der Waals surface area contributed by atoms with Crippen LogP contribution in [0.25, 0.3) is 0 Å². The first-order valence-electron chi connectivity index (χ1n) is 8.77. The lowest BCUT2D eigenvalue weighted by atomic mass is 10.0. The van der Waals surface area contributed by atoms with Crippen molar-refractivity contribution in [3.63, 3.8) is 0 Å².